The minimum Gasteiger partial charge on any atom is -0.386 e. The Hall–Kier alpha value is -0.860. The topological polar surface area (TPSA) is 29.5 Å². The molecular formula is C18H28O2. The molecule has 1 aliphatic rings. The van der Waals surface area contributed by atoms with E-state index in [0.717, 1.165) is 31.4 Å². The summed E-state index contributed by atoms with van der Waals surface area (Å²) in [6.07, 6.45) is 2.71. The third-order valence-corrected chi connectivity index (χ3v) is 4.29. The smallest absolute Gasteiger partial charge is 0.105 e. The maximum absolute atomic E-state index is 10.7. The maximum atomic E-state index is 10.7. The van der Waals surface area contributed by atoms with Crippen molar-refractivity contribution in [2.45, 2.75) is 71.0 Å². The predicted octanol–water partition coefficient (Wildman–Crippen LogP) is 4.54. The van der Waals surface area contributed by atoms with Crippen LogP contribution in [0.4, 0.5) is 0 Å². The Labute approximate surface area is 123 Å². The van der Waals surface area contributed by atoms with E-state index < -0.39 is 6.10 Å². The molecule has 0 saturated carbocycles. The van der Waals surface area contributed by atoms with Crippen molar-refractivity contribution in [2.24, 2.45) is 0 Å². The molecule has 1 aliphatic heterocycles. The Bertz CT molecular complexity index is 431. The van der Waals surface area contributed by atoms with Gasteiger partial charge in [0, 0.05) is 6.61 Å². The molecule has 2 nitrogen and oxygen atoms in total. The molecule has 112 valence electrons. The number of benzene rings is 1. The van der Waals surface area contributed by atoms with E-state index in [1.54, 1.807) is 0 Å². The molecule has 2 atom stereocenters. The Morgan fingerprint density at radius 1 is 1.05 bits per heavy atom. The standard InChI is InChI=1S/C18H28O2/c1-12(2)14-8-9-15(16(11-14)13(3)4)18(19)17-7-5-6-10-20-17/h8-9,11-13,17-19H,5-7,10H2,1-4H3. The van der Waals surface area contributed by atoms with E-state index in [0.29, 0.717) is 11.8 Å². The summed E-state index contributed by atoms with van der Waals surface area (Å²) >= 11 is 0. The second kappa shape index (κ2) is 6.73. The lowest BCUT2D eigenvalue weighted by Gasteiger charge is -2.29. The molecule has 1 fully saturated rings. The molecule has 0 aliphatic carbocycles. The first-order valence-electron chi connectivity index (χ1n) is 7.94. The number of aliphatic hydroxyl groups excluding tert-OH is 1. The van der Waals surface area contributed by atoms with Gasteiger partial charge in [-0.1, -0.05) is 45.9 Å². The highest BCUT2D eigenvalue weighted by atomic mass is 16.5. The zero-order valence-corrected chi connectivity index (χ0v) is 13.2. The molecule has 0 amide bonds. The summed E-state index contributed by atoms with van der Waals surface area (Å²) in [6.45, 7) is 9.58. The van der Waals surface area contributed by atoms with E-state index >= 15 is 0 Å². The van der Waals surface area contributed by atoms with Gasteiger partial charge in [-0.2, -0.15) is 0 Å². The molecule has 0 bridgehead atoms. The number of hydrogen-bond acceptors (Lipinski definition) is 2. The van der Waals surface area contributed by atoms with E-state index in [2.05, 4.69) is 45.9 Å². The maximum Gasteiger partial charge on any atom is 0.105 e. The van der Waals surface area contributed by atoms with Crippen LogP contribution >= 0.6 is 0 Å². The third-order valence-electron chi connectivity index (χ3n) is 4.29. The summed E-state index contributed by atoms with van der Waals surface area (Å²) in [4.78, 5) is 0. The largest absolute Gasteiger partial charge is 0.386 e. The van der Waals surface area contributed by atoms with Gasteiger partial charge in [0.1, 0.15) is 6.10 Å². The minimum atomic E-state index is -0.492. The molecule has 2 rings (SSSR count). The fourth-order valence-corrected chi connectivity index (χ4v) is 2.94. The van der Waals surface area contributed by atoms with Crippen molar-refractivity contribution in [3.63, 3.8) is 0 Å². The summed E-state index contributed by atoms with van der Waals surface area (Å²) in [6, 6.07) is 6.52. The second-order valence-corrected chi connectivity index (χ2v) is 6.55. The number of aliphatic hydroxyl groups is 1. The lowest BCUT2D eigenvalue weighted by molar-refractivity contribution is -0.0636. The summed E-state index contributed by atoms with van der Waals surface area (Å²) in [5.41, 5.74) is 3.66. The molecule has 20 heavy (non-hydrogen) atoms. The van der Waals surface area contributed by atoms with Gasteiger partial charge in [-0.25, -0.2) is 0 Å². The normalized spacial score (nSPS) is 21.4. The van der Waals surface area contributed by atoms with Gasteiger partial charge in [-0.05, 0) is 47.8 Å². The minimum absolute atomic E-state index is 0.0360. The number of rotatable bonds is 4. The van der Waals surface area contributed by atoms with Gasteiger partial charge in [-0.3, -0.25) is 0 Å². The van der Waals surface area contributed by atoms with Crippen molar-refractivity contribution < 1.29 is 9.84 Å². The Morgan fingerprint density at radius 3 is 2.35 bits per heavy atom. The van der Waals surface area contributed by atoms with Crippen LogP contribution in [0, 0.1) is 0 Å². The first kappa shape index (κ1) is 15.5. The van der Waals surface area contributed by atoms with Crippen molar-refractivity contribution >= 4 is 0 Å². The zero-order valence-electron chi connectivity index (χ0n) is 13.2. The van der Waals surface area contributed by atoms with Crippen LogP contribution in [0.2, 0.25) is 0 Å². The van der Waals surface area contributed by atoms with Crippen LogP contribution in [0.3, 0.4) is 0 Å². The second-order valence-electron chi connectivity index (χ2n) is 6.55. The third kappa shape index (κ3) is 3.42. The molecular weight excluding hydrogens is 248 g/mol. The van der Waals surface area contributed by atoms with Crippen molar-refractivity contribution in [1.29, 1.82) is 0 Å². The molecule has 0 spiro atoms. The molecule has 1 aromatic carbocycles. The highest BCUT2D eigenvalue weighted by Crippen LogP contribution is 2.33. The molecule has 1 saturated heterocycles. The number of hydrogen-bond donors (Lipinski definition) is 1. The molecule has 1 aromatic rings. The van der Waals surface area contributed by atoms with Crippen LogP contribution in [-0.4, -0.2) is 17.8 Å². The Morgan fingerprint density at radius 2 is 1.80 bits per heavy atom. The SMILES string of the molecule is CC(C)c1ccc(C(O)C2CCCCO2)c(C(C)C)c1. The van der Waals surface area contributed by atoms with Crippen molar-refractivity contribution in [3.05, 3.63) is 34.9 Å². The van der Waals surface area contributed by atoms with E-state index in [1.807, 2.05) is 0 Å². The predicted molar refractivity (Wildman–Crippen MR) is 83.2 cm³/mol. The average Bonchev–Trinajstić information content (AvgIpc) is 2.46. The first-order valence-corrected chi connectivity index (χ1v) is 7.94. The highest BCUT2D eigenvalue weighted by molar-refractivity contribution is 5.37. The van der Waals surface area contributed by atoms with Gasteiger partial charge in [-0.15, -0.1) is 0 Å². The summed E-state index contributed by atoms with van der Waals surface area (Å²) in [7, 11) is 0. The molecule has 2 heteroatoms. The first-order chi connectivity index (χ1) is 9.50. The molecule has 1 N–H and O–H groups in total. The lowest BCUT2D eigenvalue weighted by atomic mass is 9.87. The monoisotopic (exact) mass is 276 g/mol. The fraction of sp³-hybridized carbons (Fsp3) is 0.667. The summed E-state index contributed by atoms with van der Waals surface area (Å²) in [5, 5.41) is 10.7. The Kier molecular flexibility index (Phi) is 5.22. The zero-order chi connectivity index (χ0) is 14.7. The lowest BCUT2D eigenvalue weighted by Crippen LogP contribution is -2.27. The van der Waals surface area contributed by atoms with Gasteiger partial charge in [0.25, 0.3) is 0 Å². The molecule has 2 unspecified atom stereocenters. The van der Waals surface area contributed by atoms with Gasteiger partial charge < -0.3 is 9.84 Å². The fourth-order valence-electron chi connectivity index (χ4n) is 2.94. The van der Waals surface area contributed by atoms with Gasteiger partial charge >= 0.3 is 0 Å². The summed E-state index contributed by atoms with van der Waals surface area (Å²) in [5.74, 6) is 0.937. The van der Waals surface area contributed by atoms with Crippen molar-refractivity contribution in [2.75, 3.05) is 6.61 Å². The molecule has 0 aromatic heterocycles. The van der Waals surface area contributed by atoms with Crippen LogP contribution in [0.25, 0.3) is 0 Å². The van der Waals surface area contributed by atoms with E-state index in [1.165, 1.54) is 11.1 Å². The quantitative estimate of drug-likeness (QED) is 0.875. The van der Waals surface area contributed by atoms with Crippen LogP contribution in [-0.2, 0) is 4.74 Å². The van der Waals surface area contributed by atoms with Crippen LogP contribution in [0.5, 0.6) is 0 Å². The molecule has 1 heterocycles. The van der Waals surface area contributed by atoms with Crippen molar-refractivity contribution in [3.8, 4) is 0 Å². The molecule has 0 radical (unpaired) electrons. The van der Waals surface area contributed by atoms with Gasteiger partial charge in [0.15, 0.2) is 0 Å². The van der Waals surface area contributed by atoms with E-state index in [9.17, 15) is 5.11 Å². The van der Waals surface area contributed by atoms with Crippen molar-refractivity contribution in [1.82, 2.24) is 0 Å². The number of ether oxygens (including phenoxy) is 1. The highest BCUT2D eigenvalue weighted by Gasteiger charge is 2.26. The van der Waals surface area contributed by atoms with Gasteiger partial charge in [0.05, 0.1) is 6.10 Å². The van der Waals surface area contributed by atoms with Crippen LogP contribution in [0.15, 0.2) is 18.2 Å². The van der Waals surface area contributed by atoms with E-state index in [4.69, 9.17) is 4.74 Å². The van der Waals surface area contributed by atoms with Gasteiger partial charge in [0.2, 0.25) is 0 Å². The average molecular weight is 276 g/mol. The van der Waals surface area contributed by atoms with Crippen LogP contribution < -0.4 is 0 Å². The Balaban J connectivity index is 2.29. The van der Waals surface area contributed by atoms with Crippen LogP contribution in [0.1, 0.15) is 81.6 Å². The van der Waals surface area contributed by atoms with E-state index in [-0.39, 0.29) is 6.10 Å². The summed E-state index contributed by atoms with van der Waals surface area (Å²) < 4.78 is 5.76.